The molecule has 1 aliphatic carbocycles. The first-order valence-corrected chi connectivity index (χ1v) is 7.10. The fraction of sp³-hybridized carbons (Fsp3) is 0.500. The van der Waals surface area contributed by atoms with Gasteiger partial charge in [0, 0.05) is 18.7 Å². The highest BCUT2D eigenvalue weighted by molar-refractivity contribution is 5.95. The highest BCUT2D eigenvalue weighted by Gasteiger charge is 2.28. The molecule has 0 aromatic heterocycles. The maximum absolute atomic E-state index is 12.0. The summed E-state index contributed by atoms with van der Waals surface area (Å²) in [5.74, 6) is 0.0785. The molecule has 0 saturated heterocycles. The topological polar surface area (TPSA) is 49.4 Å². The lowest BCUT2D eigenvalue weighted by molar-refractivity contribution is -0.139. The van der Waals surface area contributed by atoms with Gasteiger partial charge in [-0.15, -0.1) is 0 Å². The molecule has 0 bridgehead atoms. The van der Waals surface area contributed by atoms with Crippen molar-refractivity contribution in [3.05, 3.63) is 29.3 Å². The van der Waals surface area contributed by atoms with Crippen LogP contribution in [0.15, 0.2) is 18.2 Å². The summed E-state index contributed by atoms with van der Waals surface area (Å²) < 4.78 is 0. The summed E-state index contributed by atoms with van der Waals surface area (Å²) in [4.78, 5) is 25.5. The number of rotatable bonds is 4. The van der Waals surface area contributed by atoms with Crippen LogP contribution in [0.4, 0.5) is 5.69 Å². The number of likely N-dealkylation sites (N-methyl/N-ethyl adjacent to an activating group) is 1. The Morgan fingerprint density at radius 1 is 1.30 bits per heavy atom. The number of hydrogen-bond acceptors (Lipinski definition) is 2. The van der Waals surface area contributed by atoms with Gasteiger partial charge >= 0.3 is 0 Å². The molecule has 0 atom stereocenters. The molecule has 0 spiro atoms. The van der Waals surface area contributed by atoms with Crippen molar-refractivity contribution in [2.24, 2.45) is 5.92 Å². The molecular formula is C16H22N2O2. The van der Waals surface area contributed by atoms with Crippen molar-refractivity contribution in [2.75, 3.05) is 18.9 Å². The fourth-order valence-electron chi connectivity index (χ4n) is 2.34. The summed E-state index contributed by atoms with van der Waals surface area (Å²) in [6.45, 7) is 4.11. The number of carbonyl (C=O) groups is 2. The standard InChI is InChI=1S/C16H22N2O2/c1-11-6-4-9-14(12(11)2)17-15(19)10-18(3)16(20)13-7-5-8-13/h4,6,9,13H,5,7-8,10H2,1-3H3,(H,17,19). The Bertz CT molecular complexity index is 521. The van der Waals surface area contributed by atoms with Crippen LogP contribution in [0.2, 0.25) is 0 Å². The van der Waals surface area contributed by atoms with E-state index in [0.29, 0.717) is 0 Å². The summed E-state index contributed by atoms with van der Waals surface area (Å²) in [6, 6.07) is 5.81. The van der Waals surface area contributed by atoms with Crippen molar-refractivity contribution in [3.63, 3.8) is 0 Å². The number of nitrogens with one attached hydrogen (secondary N) is 1. The van der Waals surface area contributed by atoms with E-state index in [9.17, 15) is 9.59 Å². The molecule has 4 nitrogen and oxygen atoms in total. The number of hydrogen-bond donors (Lipinski definition) is 1. The predicted molar refractivity (Wildman–Crippen MR) is 79.5 cm³/mol. The number of carbonyl (C=O) groups excluding carboxylic acids is 2. The molecule has 1 fully saturated rings. The van der Waals surface area contributed by atoms with Crippen LogP contribution in [-0.2, 0) is 9.59 Å². The van der Waals surface area contributed by atoms with Crippen LogP contribution in [-0.4, -0.2) is 30.3 Å². The van der Waals surface area contributed by atoms with Gasteiger partial charge in [-0.05, 0) is 43.9 Å². The maximum atomic E-state index is 12.0. The molecule has 1 aliphatic rings. The first-order valence-electron chi connectivity index (χ1n) is 7.10. The monoisotopic (exact) mass is 274 g/mol. The second-order valence-corrected chi connectivity index (χ2v) is 5.62. The Balaban J connectivity index is 1.91. The molecule has 1 aromatic rings. The second-order valence-electron chi connectivity index (χ2n) is 5.62. The molecular weight excluding hydrogens is 252 g/mol. The van der Waals surface area contributed by atoms with Crippen LogP contribution in [0, 0.1) is 19.8 Å². The molecule has 0 unspecified atom stereocenters. The van der Waals surface area contributed by atoms with Crippen LogP contribution in [0.1, 0.15) is 30.4 Å². The number of aryl methyl sites for hydroxylation is 1. The zero-order chi connectivity index (χ0) is 14.7. The van der Waals surface area contributed by atoms with Gasteiger partial charge in [-0.1, -0.05) is 18.6 Å². The Hall–Kier alpha value is -1.84. The van der Waals surface area contributed by atoms with E-state index in [2.05, 4.69) is 5.32 Å². The van der Waals surface area contributed by atoms with Crippen LogP contribution < -0.4 is 5.32 Å². The van der Waals surface area contributed by atoms with Gasteiger partial charge in [-0.3, -0.25) is 9.59 Å². The van der Waals surface area contributed by atoms with E-state index in [1.807, 2.05) is 32.0 Å². The van der Waals surface area contributed by atoms with Crippen LogP contribution >= 0.6 is 0 Å². The molecule has 1 aromatic carbocycles. The molecule has 2 rings (SSSR count). The Morgan fingerprint density at radius 3 is 2.60 bits per heavy atom. The minimum absolute atomic E-state index is 0.0902. The molecule has 1 N–H and O–H groups in total. The van der Waals surface area contributed by atoms with Crippen LogP contribution in [0.5, 0.6) is 0 Å². The van der Waals surface area contributed by atoms with Crippen molar-refractivity contribution < 1.29 is 9.59 Å². The number of anilines is 1. The van der Waals surface area contributed by atoms with Gasteiger partial charge in [0.1, 0.15) is 0 Å². The zero-order valence-electron chi connectivity index (χ0n) is 12.4. The third-order valence-electron chi connectivity index (χ3n) is 4.09. The third kappa shape index (κ3) is 3.18. The lowest BCUT2D eigenvalue weighted by atomic mass is 9.84. The molecule has 2 amide bonds. The molecule has 0 aliphatic heterocycles. The van der Waals surface area contributed by atoms with Crippen molar-refractivity contribution in [1.82, 2.24) is 4.90 Å². The Labute approximate surface area is 120 Å². The molecule has 20 heavy (non-hydrogen) atoms. The molecule has 0 heterocycles. The van der Waals surface area contributed by atoms with E-state index in [1.54, 1.807) is 7.05 Å². The van der Waals surface area contributed by atoms with E-state index in [1.165, 1.54) is 4.90 Å². The Kier molecular flexibility index (Phi) is 4.42. The van der Waals surface area contributed by atoms with Gasteiger partial charge in [0.05, 0.1) is 6.54 Å². The normalized spacial score (nSPS) is 14.6. The van der Waals surface area contributed by atoms with Crippen molar-refractivity contribution in [1.29, 1.82) is 0 Å². The zero-order valence-corrected chi connectivity index (χ0v) is 12.4. The van der Waals surface area contributed by atoms with Crippen LogP contribution in [0.3, 0.4) is 0 Å². The second kappa shape index (κ2) is 6.07. The van der Waals surface area contributed by atoms with Gasteiger partial charge in [0.15, 0.2) is 0 Å². The molecule has 0 radical (unpaired) electrons. The highest BCUT2D eigenvalue weighted by Crippen LogP contribution is 2.27. The predicted octanol–water partition coefficient (Wildman–Crippen LogP) is 2.50. The van der Waals surface area contributed by atoms with E-state index in [4.69, 9.17) is 0 Å². The number of benzene rings is 1. The van der Waals surface area contributed by atoms with E-state index >= 15 is 0 Å². The first kappa shape index (κ1) is 14.6. The summed E-state index contributed by atoms with van der Waals surface area (Å²) in [5.41, 5.74) is 3.02. The summed E-state index contributed by atoms with van der Waals surface area (Å²) >= 11 is 0. The van der Waals surface area contributed by atoms with Gasteiger partial charge in [0.25, 0.3) is 0 Å². The first-order chi connectivity index (χ1) is 9.49. The van der Waals surface area contributed by atoms with E-state index in [0.717, 1.165) is 36.1 Å². The smallest absolute Gasteiger partial charge is 0.243 e. The average molecular weight is 274 g/mol. The van der Waals surface area contributed by atoms with Gasteiger partial charge in [-0.2, -0.15) is 0 Å². The maximum Gasteiger partial charge on any atom is 0.243 e. The third-order valence-corrected chi connectivity index (χ3v) is 4.09. The molecule has 4 heteroatoms. The van der Waals surface area contributed by atoms with Gasteiger partial charge in [0.2, 0.25) is 11.8 Å². The van der Waals surface area contributed by atoms with Crippen molar-refractivity contribution in [2.45, 2.75) is 33.1 Å². The number of amides is 2. The average Bonchev–Trinajstić information content (AvgIpc) is 2.32. The SMILES string of the molecule is Cc1cccc(NC(=O)CN(C)C(=O)C2CCC2)c1C. The largest absolute Gasteiger partial charge is 0.336 e. The summed E-state index contributed by atoms with van der Waals surface area (Å²) in [5, 5.41) is 2.88. The molecule has 108 valence electrons. The van der Waals surface area contributed by atoms with Crippen molar-refractivity contribution >= 4 is 17.5 Å². The van der Waals surface area contributed by atoms with Gasteiger partial charge in [-0.25, -0.2) is 0 Å². The minimum atomic E-state index is -0.145. The van der Waals surface area contributed by atoms with Crippen molar-refractivity contribution in [3.8, 4) is 0 Å². The van der Waals surface area contributed by atoms with Crippen LogP contribution in [0.25, 0.3) is 0 Å². The fourth-order valence-corrected chi connectivity index (χ4v) is 2.34. The highest BCUT2D eigenvalue weighted by atomic mass is 16.2. The lowest BCUT2D eigenvalue weighted by Gasteiger charge is -2.28. The summed E-state index contributed by atoms with van der Waals surface area (Å²) in [6.07, 6.45) is 3.04. The van der Waals surface area contributed by atoms with E-state index in [-0.39, 0.29) is 24.3 Å². The molecule has 1 saturated carbocycles. The number of nitrogens with zero attached hydrogens (tertiary/aromatic N) is 1. The lowest BCUT2D eigenvalue weighted by Crippen LogP contribution is -2.40. The minimum Gasteiger partial charge on any atom is -0.336 e. The van der Waals surface area contributed by atoms with E-state index < -0.39 is 0 Å². The Morgan fingerprint density at radius 2 is 2.00 bits per heavy atom. The summed E-state index contributed by atoms with van der Waals surface area (Å²) in [7, 11) is 1.70. The van der Waals surface area contributed by atoms with Gasteiger partial charge < -0.3 is 10.2 Å². The quantitative estimate of drug-likeness (QED) is 0.917.